The summed E-state index contributed by atoms with van der Waals surface area (Å²) in [7, 11) is 6.95. The number of aromatic nitrogens is 8. The molecule has 1 amide bonds. The van der Waals surface area contributed by atoms with Crippen LogP contribution >= 0.6 is 0 Å². The van der Waals surface area contributed by atoms with E-state index in [-0.39, 0.29) is 66.3 Å². The highest BCUT2D eigenvalue weighted by Gasteiger charge is 2.67. The molecule has 14 atom stereocenters. The van der Waals surface area contributed by atoms with E-state index in [1.165, 1.54) is 40.0 Å². The van der Waals surface area contributed by atoms with Crippen molar-refractivity contribution >= 4 is 209 Å². The maximum absolute atomic E-state index is 13.9. The number of rotatable bonds is 6. The second kappa shape index (κ2) is 29.3. The number of amides is 1. The first-order valence-electron chi connectivity index (χ1n) is 51.2. The molecule has 7 aliphatic heterocycles. The largest absolute Gasteiger partial charge is 0.467 e. The molecule has 0 radical (unpaired) electrons. The average Bonchev–Trinajstić information content (AvgIpc) is 1.49. The highest BCUT2D eigenvalue weighted by Crippen LogP contribution is 2.65. The molecule has 0 spiro atoms. The Morgan fingerprint density at radius 3 is 1.16 bits per heavy atom. The zero-order valence-corrected chi connectivity index (χ0v) is 81.7. The summed E-state index contributed by atoms with van der Waals surface area (Å²) in [6.45, 7) is 10.3. The molecule has 1 unspecified atom stereocenters. The van der Waals surface area contributed by atoms with Crippen molar-refractivity contribution in [1.82, 2.24) is 46.8 Å². The number of nitrogens with one attached hydrogen (secondary N) is 1. The van der Waals surface area contributed by atoms with Crippen molar-refractivity contribution in [2.75, 3.05) is 34.9 Å². The fourth-order valence-corrected chi connectivity index (χ4v) is 30.8. The molecule has 8 bridgehead atoms. The molecule has 4 N–H and O–H groups in total. The number of methoxy groups -OCH3 is 2. The summed E-state index contributed by atoms with van der Waals surface area (Å²) >= 11 is 0. The van der Waals surface area contributed by atoms with E-state index in [4.69, 9.17) is 23.7 Å². The van der Waals surface area contributed by atoms with Gasteiger partial charge in [-0.2, -0.15) is 0 Å². The van der Waals surface area contributed by atoms with Crippen LogP contribution in [0.3, 0.4) is 0 Å². The van der Waals surface area contributed by atoms with Crippen molar-refractivity contribution in [1.29, 1.82) is 0 Å². The number of nitrogens with zero attached hydrogens (tertiary/aromatic N) is 9. The van der Waals surface area contributed by atoms with Gasteiger partial charge in [-0.3, -0.25) is 24.0 Å². The Balaban J connectivity index is 0.0000000903. The van der Waals surface area contributed by atoms with E-state index in [0.717, 1.165) is 218 Å². The number of aryl methyl sites for hydroxylation is 4. The van der Waals surface area contributed by atoms with Gasteiger partial charge in [0.1, 0.15) is 36.1 Å². The summed E-state index contributed by atoms with van der Waals surface area (Å²) in [6, 6.07) is 76.2. The molecule has 13 aromatic carbocycles. The van der Waals surface area contributed by atoms with Crippen LogP contribution < -0.4 is 5.32 Å². The fourth-order valence-electron chi connectivity index (χ4n) is 30.8. The standard InChI is InChI=1S/C36H31N3O4.C29H27N3O2.C28H22N2O5.C28H24N2O3/c1-36-34(42-3)26(37(2)35(41)20-11-5-4-6-12-20)19-28(43-36)38-24-15-9-7-13-21(24)31-30-23(17-18-27(30)40)29-22-14-8-10-16-25(22)39(36)33(29)32(31)38;1-15-19(30-3)14-23-31-20-10-6-4-8-16(20)26-25-18(12-13-22(25)33)24-17-9-5-7-11-21(17)32(28(24)27(26)31)29(15,2)34-23;1-27-28(33,26(32)34-2)13-20(35-27)29-17-9-5-3-7-14(17)23-22-16(11-12-19(22)31)21-15-8-4-6-10-18(15)30(27)25(21)24(23)29;1-27-12-15(13-28(27,33)14-31)29-19-8-4-2-6-16(19)24-23-18(10-11-21(23)32)22-17-7-3-5-9-20(17)30(27)26(22)25(24)29/h4-16,26,28,34H,17-19H2,1-3H3;4-11,15,19,23,30H,12-14H2,1-3H3;3-10,20,33H,11-13H2,1-2H3;2-9,15,31,33H,10-14H2,1H3/t26-,28-,34-,36+;15-,19-,23-,29+;20-,27+,28+;15?,27-,28-/m1110/s1. The lowest BCUT2D eigenvalue weighted by Crippen LogP contribution is -2.61. The molecule has 24 heteroatoms. The number of hydrogen-bond donors (Lipinski definition) is 4. The molecule has 722 valence electrons. The number of aliphatic hydroxyl groups is 3. The molecule has 24 nitrogen and oxygen atoms in total. The third kappa shape index (κ3) is 10.3. The monoisotopic (exact) mass is 1920 g/mol. The first kappa shape index (κ1) is 86.1. The topological polar surface area (TPSA) is 264 Å². The normalized spacial score (nSPS) is 26.7. The zero-order valence-electron chi connectivity index (χ0n) is 81.7. The van der Waals surface area contributed by atoms with Gasteiger partial charge in [-0.05, 0) is 150 Å². The number of ether oxygens (including phenoxy) is 5. The SMILES string of the molecule is CN[C@@H]1C[C@H]2O[C@@](C)([C@@H]1C)n1c3ccccc3c3c4c(c5c6ccccc6n2c5c31)C(=O)CC4.COC(=O)[C@@]1(O)C[C@H]2O[C@]1(C)n1c3ccccc3c3c4c(c5c6ccccc6n2c5c31)C(=O)CC4.CO[C@@H]1[C@H](N(C)C(=O)c2ccccc2)C[C@H]2O[C@]1(C)n1c3ccccc3c3c4c(c5c6ccccc6n2c5c31)C(=O)CC4.C[C@]12CC(C[C@]1(O)CO)n1c3ccccc3c3c4c(c5c6ccccc6n2c5c31)CCC4=O. The lowest BCUT2D eigenvalue weighted by Gasteiger charge is -2.50. The van der Waals surface area contributed by atoms with Crippen molar-refractivity contribution in [3.63, 3.8) is 0 Å². The number of esters is 1. The summed E-state index contributed by atoms with van der Waals surface area (Å²) in [5, 5.41) is 55.4. The Hall–Kier alpha value is -14.4. The number of hydrogen-bond acceptors (Lipinski definition) is 15. The predicted molar refractivity (Wildman–Crippen MR) is 562 cm³/mol. The Morgan fingerprint density at radius 2 is 0.745 bits per heavy atom. The number of Topliss-reactive ketones (excluding diaryl/α,β-unsaturated/α-hetero) is 4. The van der Waals surface area contributed by atoms with Crippen LogP contribution in [-0.2, 0) is 76.9 Å². The summed E-state index contributed by atoms with van der Waals surface area (Å²) in [6.07, 6.45) is 6.13. The van der Waals surface area contributed by atoms with Crippen LogP contribution in [-0.4, -0.2) is 156 Å². The first-order valence-corrected chi connectivity index (χ1v) is 51.2. The van der Waals surface area contributed by atoms with E-state index >= 15 is 0 Å². The van der Waals surface area contributed by atoms with Crippen molar-refractivity contribution in [3.05, 3.63) is 275 Å². The van der Waals surface area contributed by atoms with E-state index < -0.39 is 58.4 Å². The molecule has 12 aliphatic rings. The molecule has 4 fully saturated rings. The predicted octanol–water partition coefficient (Wildman–Crippen LogP) is 22.0. The van der Waals surface area contributed by atoms with Crippen molar-refractivity contribution in [3.8, 4) is 0 Å². The average molecular weight is 1920 g/mol. The third-order valence-electron chi connectivity index (χ3n) is 37.0. The highest BCUT2D eigenvalue weighted by atomic mass is 16.6. The van der Waals surface area contributed by atoms with Crippen molar-refractivity contribution in [2.24, 2.45) is 5.92 Å². The Morgan fingerprint density at radius 1 is 0.400 bits per heavy atom. The Bertz CT molecular complexity index is 9630. The van der Waals surface area contributed by atoms with Gasteiger partial charge in [-0.25, -0.2) is 4.79 Å². The van der Waals surface area contributed by atoms with Gasteiger partial charge in [0.2, 0.25) is 5.60 Å². The van der Waals surface area contributed by atoms with Gasteiger partial charge in [-0.1, -0.05) is 171 Å². The van der Waals surface area contributed by atoms with Gasteiger partial charge >= 0.3 is 5.97 Å². The van der Waals surface area contributed by atoms with Crippen LogP contribution in [0.4, 0.5) is 0 Å². The Kier molecular flexibility index (Phi) is 17.4. The number of ketones is 4. The van der Waals surface area contributed by atoms with Gasteiger partial charge in [0, 0.05) is 209 Å². The number of likely N-dealkylation sites (N-methyl/N-ethyl adjacent to an activating group) is 1. The molecule has 21 aromatic rings. The second-order valence-corrected chi connectivity index (χ2v) is 43.4. The fraction of sp³-hybridized carbons (Fsp3) is 0.306. The van der Waals surface area contributed by atoms with Crippen molar-refractivity contribution in [2.45, 2.75) is 195 Å². The molecule has 3 saturated heterocycles. The number of aliphatic hydroxyl groups excluding tert-OH is 1. The van der Waals surface area contributed by atoms with Gasteiger partial charge in [0.15, 0.2) is 34.6 Å². The van der Waals surface area contributed by atoms with Crippen LogP contribution in [0.1, 0.15) is 191 Å². The second-order valence-electron chi connectivity index (χ2n) is 43.4. The molecule has 33 rings (SSSR count). The molecule has 5 aliphatic carbocycles. The minimum Gasteiger partial charge on any atom is -0.467 e. The van der Waals surface area contributed by atoms with E-state index in [0.29, 0.717) is 56.6 Å². The molecular weight excluding hydrogens is 1820 g/mol. The molecular formula is C121H104N10O14. The smallest absolute Gasteiger partial charge is 0.343 e. The number of carbonyl (C=O) groups is 6. The van der Waals surface area contributed by atoms with Crippen LogP contribution in [0.25, 0.3) is 174 Å². The lowest BCUT2D eigenvalue weighted by molar-refractivity contribution is -0.264. The quantitative estimate of drug-likeness (QED) is 0.113. The lowest BCUT2D eigenvalue weighted by atomic mass is 9.84. The summed E-state index contributed by atoms with van der Waals surface area (Å²) < 4.78 is 50.8. The minimum absolute atomic E-state index is 0.0302. The molecule has 1 saturated carbocycles. The number of benzene rings is 13. The Labute approximate surface area is 829 Å². The number of para-hydroxylation sites is 8. The zero-order chi connectivity index (χ0) is 98.3. The number of carbonyl (C=O) groups excluding carboxylic acids is 6. The van der Waals surface area contributed by atoms with Gasteiger partial charge in [0.05, 0.1) is 103 Å². The van der Waals surface area contributed by atoms with Crippen LogP contribution in [0, 0.1) is 5.92 Å². The van der Waals surface area contributed by atoms with Crippen LogP contribution in [0.15, 0.2) is 224 Å². The molecule has 15 heterocycles. The summed E-state index contributed by atoms with van der Waals surface area (Å²) in [4.78, 5) is 82.6. The highest BCUT2D eigenvalue weighted by molar-refractivity contribution is 6.36. The van der Waals surface area contributed by atoms with Crippen molar-refractivity contribution < 1.29 is 67.8 Å². The minimum atomic E-state index is -1.91. The number of fused-ring (bicyclic) bond motifs is 52. The first-order chi connectivity index (χ1) is 70.4. The van der Waals surface area contributed by atoms with Crippen LogP contribution in [0.5, 0.6) is 0 Å². The third-order valence-corrected chi connectivity index (χ3v) is 37.0. The van der Waals surface area contributed by atoms with Gasteiger partial charge in [-0.15, -0.1) is 0 Å². The van der Waals surface area contributed by atoms with Gasteiger partial charge < -0.3 is 85.8 Å². The van der Waals surface area contributed by atoms with E-state index in [1.54, 1.807) is 14.0 Å². The molecule has 145 heavy (non-hydrogen) atoms. The van der Waals surface area contributed by atoms with Gasteiger partial charge in [0.25, 0.3) is 5.91 Å². The summed E-state index contributed by atoms with van der Waals surface area (Å²) in [5.74, 6) is 0.360. The van der Waals surface area contributed by atoms with E-state index in [9.17, 15) is 44.1 Å². The van der Waals surface area contributed by atoms with Crippen LogP contribution in [0.2, 0.25) is 0 Å². The maximum atomic E-state index is 13.9. The molecule has 8 aromatic heterocycles. The maximum Gasteiger partial charge on any atom is 0.343 e. The summed E-state index contributed by atoms with van der Waals surface area (Å²) in [5.41, 5.74) is 18.8. The van der Waals surface area contributed by atoms with E-state index in [2.05, 4.69) is 193 Å². The van der Waals surface area contributed by atoms with E-state index in [1.807, 2.05) is 120 Å².